The third-order valence-corrected chi connectivity index (χ3v) is 4.15. The standard InChI is InChI=1S/C18H18N4O/c1-11-5-6-17-19-16(10-21(17)9-11)15-7-12(2)22(14(15)4)18-8-13(3)23-20-18/h5-10H,1-4H3. The minimum absolute atomic E-state index is 0.803. The van der Waals surface area contributed by atoms with Crippen molar-refractivity contribution in [3.63, 3.8) is 0 Å². The van der Waals surface area contributed by atoms with Crippen molar-refractivity contribution in [3.05, 3.63) is 59.4 Å². The van der Waals surface area contributed by atoms with Crippen LogP contribution in [0, 0.1) is 27.7 Å². The topological polar surface area (TPSA) is 48.3 Å². The summed E-state index contributed by atoms with van der Waals surface area (Å²) >= 11 is 0. The molecule has 0 aromatic carbocycles. The number of aryl methyl sites for hydroxylation is 3. The van der Waals surface area contributed by atoms with Crippen LogP contribution in [-0.4, -0.2) is 19.1 Å². The average Bonchev–Trinajstić information content (AvgIpc) is 3.16. The molecular formula is C18H18N4O. The molecule has 4 aromatic rings. The maximum Gasteiger partial charge on any atom is 0.180 e. The minimum Gasteiger partial charge on any atom is -0.360 e. The normalized spacial score (nSPS) is 11.5. The van der Waals surface area contributed by atoms with Gasteiger partial charge in [0.05, 0.1) is 5.69 Å². The number of imidazole rings is 1. The van der Waals surface area contributed by atoms with Crippen molar-refractivity contribution in [2.24, 2.45) is 0 Å². The van der Waals surface area contributed by atoms with E-state index in [9.17, 15) is 0 Å². The van der Waals surface area contributed by atoms with Crippen LogP contribution in [0.15, 0.2) is 41.2 Å². The fraction of sp³-hybridized carbons (Fsp3) is 0.222. The molecule has 0 bridgehead atoms. The van der Waals surface area contributed by atoms with Gasteiger partial charge in [-0.3, -0.25) is 4.57 Å². The molecule has 0 aliphatic heterocycles. The molecular weight excluding hydrogens is 288 g/mol. The van der Waals surface area contributed by atoms with Gasteiger partial charge in [-0.2, -0.15) is 0 Å². The quantitative estimate of drug-likeness (QED) is 0.562. The molecule has 0 atom stereocenters. The number of fused-ring (bicyclic) bond motifs is 1. The summed E-state index contributed by atoms with van der Waals surface area (Å²) in [6.45, 7) is 8.13. The van der Waals surface area contributed by atoms with Crippen molar-refractivity contribution in [1.82, 2.24) is 19.1 Å². The second-order valence-electron chi connectivity index (χ2n) is 6.01. The largest absolute Gasteiger partial charge is 0.360 e. The predicted molar refractivity (Wildman–Crippen MR) is 89.0 cm³/mol. The molecule has 0 spiro atoms. The zero-order chi connectivity index (χ0) is 16.1. The number of pyridine rings is 1. The van der Waals surface area contributed by atoms with Gasteiger partial charge in [-0.25, -0.2) is 4.98 Å². The molecule has 4 aromatic heterocycles. The molecule has 23 heavy (non-hydrogen) atoms. The Morgan fingerprint density at radius 3 is 2.57 bits per heavy atom. The molecule has 5 nitrogen and oxygen atoms in total. The maximum absolute atomic E-state index is 5.21. The Balaban J connectivity index is 1.88. The highest BCUT2D eigenvalue weighted by molar-refractivity contribution is 5.67. The molecule has 0 N–H and O–H groups in total. The molecule has 0 unspecified atom stereocenters. The summed E-state index contributed by atoms with van der Waals surface area (Å²) in [5.41, 5.74) is 6.47. The summed E-state index contributed by atoms with van der Waals surface area (Å²) in [5, 5.41) is 4.13. The summed E-state index contributed by atoms with van der Waals surface area (Å²) in [6, 6.07) is 8.21. The molecule has 4 rings (SSSR count). The SMILES string of the molecule is Cc1ccc2nc(-c3cc(C)n(-c4cc(C)on4)c3C)cn2c1. The van der Waals surface area contributed by atoms with Crippen molar-refractivity contribution in [2.75, 3.05) is 0 Å². The maximum atomic E-state index is 5.21. The van der Waals surface area contributed by atoms with E-state index >= 15 is 0 Å². The Hall–Kier alpha value is -2.82. The van der Waals surface area contributed by atoms with Crippen molar-refractivity contribution in [1.29, 1.82) is 0 Å². The van der Waals surface area contributed by atoms with E-state index in [0.29, 0.717) is 0 Å². The Morgan fingerprint density at radius 2 is 1.83 bits per heavy atom. The van der Waals surface area contributed by atoms with E-state index in [4.69, 9.17) is 9.51 Å². The van der Waals surface area contributed by atoms with E-state index in [1.807, 2.05) is 19.1 Å². The van der Waals surface area contributed by atoms with E-state index in [-0.39, 0.29) is 0 Å². The van der Waals surface area contributed by atoms with Crippen molar-refractivity contribution in [2.45, 2.75) is 27.7 Å². The molecule has 116 valence electrons. The first-order valence-electron chi connectivity index (χ1n) is 7.61. The molecule has 0 amide bonds. The van der Waals surface area contributed by atoms with E-state index in [1.54, 1.807) is 0 Å². The Kier molecular flexibility index (Phi) is 2.91. The van der Waals surface area contributed by atoms with Crippen molar-refractivity contribution in [3.8, 4) is 17.1 Å². The number of nitrogens with zero attached hydrogens (tertiary/aromatic N) is 4. The first-order valence-corrected chi connectivity index (χ1v) is 7.61. The van der Waals surface area contributed by atoms with E-state index in [1.165, 1.54) is 5.56 Å². The lowest BCUT2D eigenvalue weighted by atomic mass is 10.2. The molecule has 0 radical (unpaired) electrons. The van der Waals surface area contributed by atoms with Gasteiger partial charge in [0.15, 0.2) is 5.82 Å². The van der Waals surface area contributed by atoms with Crippen LogP contribution in [0.3, 0.4) is 0 Å². The lowest BCUT2D eigenvalue weighted by molar-refractivity contribution is 0.394. The average molecular weight is 306 g/mol. The van der Waals surface area contributed by atoms with Gasteiger partial charge in [-0.05, 0) is 45.4 Å². The van der Waals surface area contributed by atoms with Crippen LogP contribution >= 0.6 is 0 Å². The minimum atomic E-state index is 0.803. The predicted octanol–water partition coefficient (Wildman–Crippen LogP) is 4.01. The lowest BCUT2D eigenvalue weighted by Crippen LogP contribution is -1.99. The third-order valence-electron chi connectivity index (χ3n) is 4.15. The van der Waals surface area contributed by atoms with E-state index < -0.39 is 0 Å². The second kappa shape index (κ2) is 4.84. The van der Waals surface area contributed by atoms with Crippen LogP contribution in [0.4, 0.5) is 0 Å². The van der Waals surface area contributed by atoms with Crippen molar-refractivity contribution >= 4 is 5.65 Å². The molecule has 4 heterocycles. The number of aromatic nitrogens is 4. The van der Waals surface area contributed by atoms with Crippen LogP contribution in [0.2, 0.25) is 0 Å². The monoisotopic (exact) mass is 306 g/mol. The Bertz CT molecular complexity index is 1020. The molecule has 5 heteroatoms. The number of rotatable bonds is 2. The van der Waals surface area contributed by atoms with Gasteiger partial charge in [0, 0.05) is 35.4 Å². The smallest absolute Gasteiger partial charge is 0.180 e. The zero-order valence-electron chi connectivity index (χ0n) is 13.7. The highest BCUT2D eigenvalue weighted by Gasteiger charge is 2.16. The van der Waals surface area contributed by atoms with Gasteiger partial charge in [0.2, 0.25) is 0 Å². The summed E-state index contributed by atoms with van der Waals surface area (Å²) in [6.07, 6.45) is 4.16. The van der Waals surface area contributed by atoms with Crippen LogP contribution in [0.5, 0.6) is 0 Å². The highest BCUT2D eigenvalue weighted by atomic mass is 16.5. The second-order valence-corrected chi connectivity index (χ2v) is 6.01. The summed E-state index contributed by atoms with van der Waals surface area (Å²) < 4.78 is 9.38. The van der Waals surface area contributed by atoms with Gasteiger partial charge in [0.25, 0.3) is 0 Å². The van der Waals surface area contributed by atoms with Gasteiger partial charge >= 0.3 is 0 Å². The van der Waals surface area contributed by atoms with Gasteiger partial charge in [0.1, 0.15) is 11.4 Å². The molecule has 0 aliphatic rings. The molecule has 0 saturated carbocycles. The van der Waals surface area contributed by atoms with Gasteiger partial charge < -0.3 is 8.92 Å². The third kappa shape index (κ3) is 2.16. The molecule has 0 saturated heterocycles. The van der Waals surface area contributed by atoms with Crippen LogP contribution in [0.1, 0.15) is 22.7 Å². The number of hydrogen-bond acceptors (Lipinski definition) is 3. The van der Waals surface area contributed by atoms with Gasteiger partial charge in [-0.1, -0.05) is 11.2 Å². The Morgan fingerprint density at radius 1 is 1.00 bits per heavy atom. The van der Waals surface area contributed by atoms with Crippen LogP contribution in [-0.2, 0) is 0 Å². The molecule has 0 fully saturated rings. The Labute approximate surface area is 134 Å². The van der Waals surface area contributed by atoms with Crippen LogP contribution < -0.4 is 0 Å². The lowest BCUT2D eigenvalue weighted by Gasteiger charge is -2.04. The highest BCUT2D eigenvalue weighted by Crippen LogP contribution is 2.29. The molecule has 0 aliphatic carbocycles. The van der Waals surface area contributed by atoms with E-state index in [0.717, 1.165) is 39.9 Å². The summed E-state index contributed by atoms with van der Waals surface area (Å²) in [7, 11) is 0. The first-order chi connectivity index (χ1) is 11.0. The van der Waals surface area contributed by atoms with Crippen LogP contribution in [0.25, 0.3) is 22.7 Å². The fourth-order valence-electron chi connectivity index (χ4n) is 3.07. The summed E-state index contributed by atoms with van der Waals surface area (Å²) in [5.74, 6) is 1.61. The summed E-state index contributed by atoms with van der Waals surface area (Å²) in [4.78, 5) is 4.74. The first kappa shape index (κ1) is 13.8. The fourth-order valence-corrected chi connectivity index (χ4v) is 3.07. The zero-order valence-corrected chi connectivity index (χ0v) is 13.7. The van der Waals surface area contributed by atoms with Gasteiger partial charge in [-0.15, -0.1) is 0 Å². The van der Waals surface area contributed by atoms with E-state index in [2.05, 4.69) is 59.4 Å². The number of hydrogen-bond donors (Lipinski definition) is 0. The van der Waals surface area contributed by atoms with Crippen molar-refractivity contribution < 1.29 is 4.52 Å².